The predicted octanol–water partition coefficient (Wildman–Crippen LogP) is 4.07. The summed E-state index contributed by atoms with van der Waals surface area (Å²) < 4.78 is 4.65. The van der Waals surface area contributed by atoms with Gasteiger partial charge in [0.2, 0.25) is 17.7 Å². The van der Waals surface area contributed by atoms with Crippen LogP contribution in [0.15, 0.2) is 24.3 Å². The largest absolute Gasteiger partial charge is 0.465 e. The zero-order valence-electron chi connectivity index (χ0n) is 17.8. The van der Waals surface area contributed by atoms with Gasteiger partial charge in [-0.15, -0.1) is 0 Å². The van der Waals surface area contributed by atoms with E-state index in [1.165, 1.54) is 12.0 Å². The Morgan fingerprint density at radius 2 is 1.40 bits per heavy atom. The first-order chi connectivity index (χ1) is 14.5. The number of hydrogen-bond donors (Lipinski definition) is 1. The minimum absolute atomic E-state index is 0.0215. The van der Waals surface area contributed by atoms with Crippen LogP contribution < -0.4 is 5.32 Å². The number of nitrogens with zero attached hydrogens (tertiary/aromatic N) is 1. The van der Waals surface area contributed by atoms with E-state index in [0.29, 0.717) is 37.1 Å². The summed E-state index contributed by atoms with van der Waals surface area (Å²) in [5, 5.41) is 2.84. The van der Waals surface area contributed by atoms with Crippen LogP contribution in [0.4, 0.5) is 5.69 Å². The maximum absolute atomic E-state index is 12.0. The van der Waals surface area contributed by atoms with Crippen LogP contribution >= 0.6 is 0 Å². The average Bonchev–Trinajstić information content (AvgIpc) is 3.07. The molecule has 1 aromatic carbocycles. The number of likely N-dealkylation sites (tertiary alicyclic amines) is 1. The Labute approximate surface area is 178 Å². The Kier molecular flexibility index (Phi) is 10.0. The lowest BCUT2D eigenvalue weighted by atomic mass is 10.1. The zero-order chi connectivity index (χ0) is 21.8. The molecule has 7 nitrogen and oxygen atoms in total. The number of anilines is 1. The molecular weight excluding hydrogens is 384 g/mol. The molecule has 0 unspecified atom stereocenters. The van der Waals surface area contributed by atoms with E-state index in [1.807, 2.05) is 0 Å². The van der Waals surface area contributed by atoms with Crippen molar-refractivity contribution in [1.82, 2.24) is 4.90 Å². The number of benzene rings is 1. The first-order valence-corrected chi connectivity index (χ1v) is 10.8. The molecule has 1 N–H and O–H groups in total. The van der Waals surface area contributed by atoms with Crippen molar-refractivity contribution in [3.63, 3.8) is 0 Å². The highest BCUT2D eigenvalue weighted by Crippen LogP contribution is 2.15. The summed E-state index contributed by atoms with van der Waals surface area (Å²) in [6, 6.07) is 6.64. The fourth-order valence-corrected chi connectivity index (χ4v) is 3.52. The standard InChI is InChI=1S/C23H32N2O5/c1-30-23(29)18-11-13-19(14-12-18)24-20(26)10-8-6-4-2-3-5-7-9-17-25-21(27)15-16-22(25)28/h11-14H,2-10,15-17H2,1H3,(H,24,26). The lowest BCUT2D eigenvalue weighted by Gasteiger charge is -2.13. The van der Waals surface area contributed by atoms with E-state index in [9.17, 15) is 19.2 Å². The average molecular weight is 417 g/mol. The third-order valence-corrected chi connectivity index (χ3v) is 5.28. The SMILES string of the molecule is COC(=O)c1ccc(NC(=O)CCCCCCCCCCN2C(=O)CCC2=O)cc1. The smallest absolute Gasteiger partial charge is 0.337 e. The fraction of sp³-hybridized carbons (Fsp3) is 0.565. The fourth-order valence-electron chi connectivity index (χ4n) is 3.52. The van der Waals surface area contributed by atoms with Crippen LogP contribution in [-0.4, -0.2) is 42.2 Å². The van der Waals surface area contributed by atoms with Crippen molar-refractivity contribution in [2.24, 2.45) is 0 Å². The van der Waals surface area contributed by atoms with Crippen molar-refractivity contribution in [3.8, 4) is 0 Å². The molecule has 0 atom stereocenters. The van der Waals surface area contributed by atoms with Gasteiger partial charge in [-0.2, -0.15) is 0 Å². The van der Waals surface area contributed by atoms with E-state index in [1.54, 1.807) is 24.3 Å². The highest BCUT2D eigenvalue weighted by Gasteiger charge is 2.27. The summed E-state index contributed by atoms with van der Waals surface area (Å²) in [6.07, 6.45) is 9.51. The molecule has 0 saturated carbocycles. The summed E-state index contributed by atoms with van der Waals surface area (Å²) in [6.45, 7) is 0.568. The van der Waals surface area contributed by atoms with Crippen molar-refractivity contribution < 1.29 is 23.9 Å². The molecule has 1 aliphatic rings. The van der Waals surface area contributed by atoms with Gasteiger partial charge in [0.1, 0.15) is 0 Å². The molecule has 7 heteroatoms. The van der Waals surface area contributed by atoms with Gasteiger partial charge in [0, 0.05) is 31.5 Å². The molecule has 1 fully saturated rings. The van der Waals surface area contributed by atoms with Crippen LogP contribution in [0.1, 0.15) is 81.0 Å². The van der Waals surface area contributed by atoms with E-state index >= 15 is 0 Å². The van der Waals surface area contributed by atoms with Crippen molar-refractivity contribution in [2.45, 2.75) is 70.6 Å². The van der Waals surface area contributed by atoms with Gasteiger partial charge in [-0.05, 0) is 37.1 Å². The molecule has 1 aliphatic heterocycles. The summed E-state index contributed by atoms with van der Waals surface area (Å²) >= 11 is 0. The van der Waals surface area contributed by atoms with E-state index in [2.05, 4.69) is 10.1 Å². The summed E-state index contributed by atoms with van der Waals surface area (Å²) in [7, 11) is 1.33. The summed E-state index contributed by atoms with van der Waals surface area (Å²) in [4.78, 5) is 47.8. The number of imide groups is 1. The van der Waals surface area contributed by atoms with E-state index in [-0.39, 0.29) is 17.7 Å². The van der Waals surface area contributed by atoms with Gasteiger partial charge in [-0.25, -0.2) is 4.79 Å². The molecule has 1 aromatic rings. The summed E-state index contributed by atoms with van der Waals surface area (Å²) in [5.41, 5.74) is 1.12. The number of esters is 1. The minimum atomic E-state index is -0.398. The summed E-state index contributed by atoms with van der Waals surface area (Å²) in [5.74, 6) is -0.471. The Hall–Kier alpha value is -2.70. The van der Waals surface area contributed by atoms with Gasteiger partial charge in [0.15, 0.2) is 0 Å². The van der Waals surface area contributed by atoms with Crippen molar-refractivity contribution >= 4 is 29.4 Å². The topological polar surface area (TPSA) is 92.8 Å². The van der Waals surface area contributed by atoms with Crippen LogP contribution in [0.25, 0.3) is 0 Å². The molecule has 1 saturated heterocycles. The molecule has 30 heavy (non-hydrogen) atoms. The quantitative estimate of drug-likeness (QED) is 0.297. The second-order valence-electron chi connectivity index (χ2n) is 7.63. The van der Waals surface area contributed by atoms with Crippen LogP contribution in [0.5, 0.6) is 0 Å². The molecule has 0 spiro atoms. The minimum Gasteiger partial charge on any atom is -0.465 e. The van der Waals surface area contributed by atoms with Crippen LogP contribution in [-0.2, 0) is 19.1 Å². The third kappa shape index (κ3) is 7.97. The lowest BCUT2D eigenvalue weighted by Crippen LogP contribution is -2.29. The normalized spacial score (nSPS) is 13.6. The third-order valence-electron chi connectivity index (χ3n) is 5.28. The number of methoxy groups -OCH3 is 1. The molecule has 0 bridgehead atoms. The maximum atomic E-state index is 12.0. The van der Waals surface area contributed by atoms with Gasteiger partial charge >= 0.3 is 5.97 Å². The molecule has 0 aliphatic carbocycles. The van der Waals surface area contributed by atoms with E-state index < -0.39 is 5.97 Å². The monoisotopic (exact) mass is 416 g/mol. The number of carbonyl (C=O) groups is 4. The molecule has 164 valence electrons. The van der Waals surface area contributed by atoms with Gasteiger partial charge < -0.3 is 10.1 Å². The van der Waals surface area contributed by atoms with Gasteiger partial charge in [-0.3, -0.25) is 19.3 Å². The Morgan fingerprint density at radius 1 is 0.867 bits per heavy atom. The highest BCUT2D eigenvalue weighted by molar-refractivity contribution is 6.01. The van der Waals surface area contributed by atoms with Crippen LogP contribution in [0, 0.1) is 0 Å². The highest BCUT2D eigenvalue weighted by atomic mass is 16.5. The predicted molar refractivity (Wildman–Crippen MR) is 114 cm³/mol. The zero-order valence-corrected chi connectivity index (χ0v) is 17.8. The number of rotatable bonds is 13. The lowest BCUT2D eigenvalue weighted by molar-refractivity contribution is -0.138. The molecule has 2 rings (SSSR count). The Bertz CT molecular complexity index is 714. The van der Waals surface area contributed by atoms with Gasteiger partial charge in [0.25, 0.3) is 0 Å². The van der Waals surface area contributed by atoms with Crippen molar-refractivity contribution in [2.75, 3.05) is 19.0 Å². The number of ether oxygens (including phenoxy) is 1. The molecular formula is C23H32N2O5. The van der Waals surface area contributed by atoms with Gasteiger partial charge in [0.05, 0.1) is 12.7 Å². The maximum Gasteiger partial charge on any atom is 0.337 e. The molecule has 0 aromatic heterocycles. The van der Waals surface area contributed by atoms with Crippen LogP contribution in [0.2, 0.25) is 0 Å². The van der Waals surface area contributed by atoms with Crippen molar-refractivity contribution in [3.05, 3.63) is 29.8 Å². The van der Waals surface area contributed by atoms with Crippen LogP contribution in [0.3, 0.4) is 0 Å². The second kappa shape index (κ2) is 12.8. The van der Waals surface area contributed by atoms with Gasteiger partial charge in [-0.1, -0.05) is 38.5 Å². The van der Waals surface area contributed by atoms with E-state index in [0.717, 1.165) is 51.4 Å². The number of unbranched alkanes of at least 4 members (excludes halogenated alkanes) is 7. The number of hydrogen-bond acceptors (Lipinski definition) is 5. The molecule has 0 radical (unpaired) electrons. The first-order valence-electron chi connectivity index (χ1n) is 10.8. The molecule has 1 heterocycles. The number of nitrogens with one attached hydrogen (secondary N) is 1. The Morgan fingerprint density at radius 3 is 1.97 bits per heavy atom. The second-order valence-corrected chi connectivity index (χ2v) is 7.63. The Balaban J connectivity index is 1.44. The number of amides is 3. The van der Waals surface area contributed by atoms with E-state index in [4.69, 9.17) is 0 Å². The first kappa shape index (κ1) is 23.6. The number of carbonyl (C=O) groups excluding carboxylic acids is 4. The molecule has 3 amide bonds. The van der Waals surface area contributed by atoms with Crippen molar-refractivity contribution in [1.29, 1.82) is 0 Å².